The van der Waals surface area contributed by atoms with Gasteiger partial charge < -0.3 is 9.52 Å². The van der Waals surface area contributed by atoms with Crippen LogP contribution in [-0.4, -0.2) is 48.2 Å². The van der Waals surface area contributed by atoms with E-state index < -0.39 is 10.0 Å². The van der Waals surface area contributed by atoms with Crippen LogP contribution in [0.5, 0.6) is 0 Å². The molecule has 0 fully saturated rings. The van der Waals surface area contributed by atoms with Crippen LogP contribution in [0, 0.1) is 0 Å². The summed E-state index contributed by atoms with van der Waals surface area (Å²) in [4.78, 5) is 4.48. The van der Waals surface area contributed by atoms with Crippen LogP contribution in [0.2, 0.25) is 0 Å². The van der Waals surface area contributed by atoms with E-state index in [0.29, 0.717) is 23.1 Å². The van der Waals surface area contributed by atoms with E-state index in [1.807, 2.05) is 0 Å². The van der Waals surface area contributed by atoms with Crippen molar-refractivity contribution in [3.05, 3.63) is 42.7 Å². The zero-order valence-corrected chi connectivity index (χ0v) is 14.6. The fourth-order valence-electron chi connectivity index (χ4n) is 2.33. The number of hydrogen-bond acceptors (Lipinski definition) is 6. The average molecular weight is 362 g/mol. The molecule has 0 unspecified atom stereocenters. The van der Waals surface area contributed by atoms with Gasteiger partial charge in [0.15, 0.2) is 11.6 Å². The third kappa shape index (κ3) is 3.57. The van der Waals surface area contributed by atoms with E-state index in [1.54, 1.807) is 41.1 Å². The number of aromatic nitrogens is 3. The minimum Gasteiger partial charge on any atom is -0.461 e. The van der Waals surface area contributed by atoms with Gasteiger partial charge in [0, 0.05) is 12.6 Å². The fourth-order valence-corrected chi connectivity index (χ4v) is 2.83. The molecule has 9 heteroatoms. The molecule has 2 aromatic heterocycles. The third-order valence-corrected chi connectivity index (χ3v) is 4.92. The van der Waals surface area contributed by atoms with Crippen LogP contribution >= 0.6 is 0 Å². The van der Waals surface area contributed by atoms with Crippen molar-refractivity contribution in [1.29, 1.82) is 0 Å². The molecule has 1 N–H and O–H groups in total. The standard InChI is InChI=1S/C16H18N4O4S/c1-19(25(2,22)23)13-7-5-12(6-8-13)16-17-15(14-4-3-11-24-14)18-20(16)9-10-21/h3-8,11,21H,9-10H2,1-2H3. The van der Waals surface area contributed by atoms with Crippen LogP contribution in [0.15, 0.2) is 47.1 Å². The molecule has 0 spiro atoms. The topological polar surface area (TPSA) is 101 Å². The van der Waals surface area contributed by atoms with Gasteiger partial charge in [-0.3, -0.25) is 4.31 Å². The number of anilines is 1. The molecule has 0 radical (unpaired) electrons. The molecule has 0 bridgehead atoms. The predicted octanol–water partition coefficient (Wildman–Crippen LogP) is 1.59. The number of rotatable bonds is 6. The number of benzene rings is 1. The Kier molecular flexibility index (Phi) is 4.60. The highest BCUT2D eigenvalue weighted by molar-refractivity contribution is 7.92. The van der Waals surface area contributed by atoms with Gasteiger partial charge in [0.25, 0.3) is 0 Å². The number of aliphatic hydroxyl groups is 1. The van der Waals surface area contributed by atoms with Gasteiger partial charge in [0.1, 0.15) is 0 Å². The lowest BCUT2D eigenvalue weighted by Gasteiger charge is -2.16. The van der Waals surface area contributed by atoms with Gasteiger partial charge in [-0.2, -0.15) is 0 Å². The lowest BCUT2D eigenvalue weighted by molar-refractivity contribution is 0.270. The van der Waals surface area contributed by atoms with Crippen molar-refractivity contribution in [3.63, 3.8) is 0 Å². The normalized spacial score (nSPS) is 11.6. The molecule has 0 aliphatic carbocycles. The highest BCUT2D eigenvalue weighted by atomic mass is 32.2. The maximum absolute atomic E-state index is 11.6. The number of sulfonamides is 1. The lowest BCUT2D eigenvalue weighted by atomic mass is 10.2. The second-order valence-electron chi connectivity index (χ2n) is 5.46. The summed E-state index contributed by atoms with van der Waals surface area (Å²) in [7, 11) is -1.83. The summed E-state index contributed by atoms with van der Waals surface area (Å²) in [5, 5.41) is 13.6. The first-order chi connectivity index (χ1) is 11.9. The molecule has 0 saturated carbocycles. The number of aliphatic hydroxyl groups excluding tert-OH is 1. The van der Waals surface area contributed by atoms with Crippen molar-refractivity contribution in [1.82, 2.24) is 14.8 Å². The van der Waals surface area contributed by atoms with Gasteiger partial charge in [-0.25, -0.2) is 18.1 Å². The Hall–Kier alpha value is -2.65. The van der Waals surface area contributed by atoms with Gasteiger partial charge >= 0.3 is 0 Å². The first-order valence-electron chi connectivity index (χ1n) is 7.54. The summed E-state index contributed by atoms with van der Waals surface area (Å²) in [6.45, 7) is 0.205. The highest BCUT2D eigenvalue weighted by Crippen LogP contribution is 2.25. The lowest BCUT2D eigenvalue weighted by Crippen LogP contribution is -2.24. The van der Waals surface area contributed by atoms with Crippen molar-refractivity contribution in [3.8, 4) is 23.0 Å². The van der Waals surface area contributed by atoms with E-state index in [-0.39, 0.29) is 13.2 Å². The van der Waals surface area contributed by atoms with Gasteiger partial charge in [0.2, 0.25) is 15.8 Å². The van der Waals surface area contributed by atoms with Crippen molar-refractivity contribution < 1.29 is 17.9 Å². The maximum atomic E-state index is 11.6. The quantitative estimate of drug-likeness (QED) is 0.715. The van der Waals surface area contributed by atoms with Crippen LogP contribution in [0.4, 0.5) is 5.69 Å². The monoisotopic (exact) mass is 362 g/mol. The Balaban J connectivity index is 1.98. The highest BCUT2D eigenvalue weighted by Gasteiger charge is 2.16. The van der Waals surface area contributed by atoms with Crippen LogP contribution in [0.1, 0.15) is 0 Å². The Bertz CT molecular complexity index is 947. The first kappa shape index (κ1) is 17.2. The van der Waals surface area contributed by atoms with Crippen LogP contribution in [-0.2, 0) is 16.6 Å². The summed E-state index contributed by atoms with van der Waals surface area (Å²) in [6, 6.07) is 10.4. The van der Waals surface area contributed by atoms with Crippen molar-refractivity contribution in [2.24, 2.45) is 0 Å². The van der Waals surface area contributed by atoms with Crippen LogP contribution < -0.4 is 4.31 Å². The molecule has 8 nitrogen and oxygen atoms in total. The van der Waals surface area contributed by atoms with E-state index in [0.717, 1.165) is 11.8 Å². The predicted molar refractivity (Wildman–Crippen MR) is 93.5 cm³/mol. The SMILES string of the molecule is CN(c1ccc(-c2nc(-c3ccco3)nn2CCO)cc1)S(C)(=O)=O. The van der Waals surface area contributed by atoms with Crippen molar-refractivity contribution in [2.75, 3.05) is 24.2 Å². The summed E-state index contributed by atoms with van der Waals surface area (Å²) < 4.78 is 31.3. The molecular weight excluding hydrogens is 344 g/mol. The van der Waals surface area contributed by atoms with Crippen LogP contribution in [0.25, 0.3) is 23.0 Å². The zero-order valence-electron chi connectivity index (χ0n) is 13.8. The van der Waals surface area contributed by atoms with E-state index >= 15 is 0 Å². The summed E-state index contributed by atoms with van der Waals surface area (Å²) in [5.74, 6) is 1.52. The first-order valence-corrected chi connectivity index (χ1v) is 9.39. The Morgan fingerprint density at radius 3 is 2.52 bits per heavy atom. The van der Waals surface area contributed by atoms with Crippen LogP contribution in [0.3, 0.4) is 0 Å². The molecule has 0 aliphatic heterocycles. The second kappa shape index (κ2) is 6.69. The van der Waals surface area contributed by atoms with E-state index in [4.69, 9.17) is 4.42 Å². The average Bonchev–Trinajstić information content (AvgIpc) is 3.23. The van der Waals surface area contributed by atoms with Gasteiger partial charge in [-0.1, -0.05) is 0 Å². The van der Waals surface area contributed by atoms with Gasteiger partial charge in [-0.05, 0) is 36.4 Å². The van der Waals surface area contributed by atoms with E-state index in [1.165, 1.54) is 17.6 Å². The molecule has 3 aromatic rings. The molecule has 25 heavy (non-hydrogen) atoms. The molecule has 1 aromatic carbocycles. The summed E-state index contributed by atoms with van der Waals surface area (Å²) >= 11 is 0. The number of furan rings is 1. The Morgan fingerprint density at radius 1 is 1.24 bits per heavy atom. The Labute approximate surface area is 145 Å². The Morgan fingerprint density at radius 2 is 1.96 bits per heavy atom. The van der Waals surface area contributed by atoms with E-state index in [2.05, 4.69) is 10.1 Å². The van der Waals surface area contributed by atoms with Crippen molar-refractivity contribution >= 4 is 15.7 Å². The molecular formula is C16H18N4O4S. The molecule has 0 aliphatic rings. The minimum atomic E-state index is -3.32. The summed E-state index contributed by atoms with van der Waals surface area (Å²) in [5.41, 5.74) is 1.30. The summed E-state index contributed by atoms with van der Waals surface area (Å²) in [6.07, 6.45) is 2.69. The molecule has 0 atom stereocenters. The molecule has 132 valence electrons. The fraction of sp³-hybridized carbons (Fsp3) is 0.250. The molecule has 2 heterocycles. The smallest absolute Gasteiger partial charge is 0.231 e. The second-order valence-corrected chi connectivity index (χ2v) is 7.47. The molecule has 0 saturated heterocycles. The minimum absolute atomic E-state index is 0.0805. The van der Waals surface area contributed by atoms with E-state index in [9.17, 15) is 13.5 Å². The van der Waals surface area contributed by atoms with Crippen molar-refractivity contribution in [2.45, 2.75) is 6.54 Å². The molecule has 0 amide bonds. The maximum Gasteiger partial charge on any atom is 0.231 e. The largest absolute Gasteiger partial charge is 0.461 e. The van der Waals surface area contributed by atoms with Gasteiger partial charge in [0.05, 0.1) is 31.4 Å². The van der Waals surface area contributed by atoms with Gasteiger partial charge in [-0.15, -0.1) is 5.10 Å². The number of hydrogen-bond donors (Lipinski definition) is 1. The zero-order chi connectivity index (χ0) is 18.0. The number of nitrogens with zero attached hydrogens (tertiary/aromatic N) is 4. The molecule has 3 rings (SSSR count). The third-order valence-electron chi connectivity index (χ3n) is 3.71.